The van der Waals surface area contributed by atoms with Crippen molar-refractivity contribution in [3.63, 3.8) is 0 Å². The van der Waals surface area contributed by atoms with Gasteiger partial charge in [0.25, 0.3) is 5.91 Å². The van der Waals surface area contributed by atoms with E-state index in [9.17, 15) is 9.59 Å². The monoisotopic (exact) mass is 570 g/mol. The van der Waals surface area contributed by atoms with Crippen LogP contribution in [0.15, 0.2) is 21.8 Å². The number of hydrogen-bond donors (Lipinski definition) is 3. The summed E-state index contributed by atoms with van der Waals surface area (Å²) in [6, 6.07) is 3.72. The molecular formula is C23H35BrN6O4S. The van der Waals surface area contributed by atoms with Gasteiger partial charge in [0, 0.05) is 11.1 Å². The summed E-state index contributed by atoms with van der Waals surface area (Å²) in [5.41, 5.74) is 3.54. The molecule has 0 fully saturated rings. The number of ether oxygens (including phenoxy) is 2. The van der Waals surface area contributed by atoms with Crippen LogP contribution in [0.1, 0.15) is 52.9 Å². The molecule has 0 radical (unpaired) electrons. The molecule has 2 rings (SSSR count). The summed E-state index contributed by atoms with van der Waals surface area (Å²) in [7, 11) is 1.54. The Balaban J connectivity index is 2.06. The van der Waals surface area contributed by atoms with Gasteiger partial charge in [0.1, 0.15) is 5.82 Å². The molecule has 0 unspecified atom stereocenters. The van der Waals surface area contributed by atoms with Crippen molar-refractivity contribution >= 4 is 39.5 Å². The summed E-state index contributed by atoms with van der Waals surface area (Å²) in [4.78, 5) is 24.3. The zero-order chi connectivity index (χ0) is 26.4. The Morgan fingerprint density at radius 2 is 1.69 bits per heavy atom. The molecule has 1 aromatic heterocycles. The van der Waals surface area contributed by atoms with Gasteiger partial charge in [-0.25, -0.2) is 4.68 Å². The Kier molecular flexibility index (Phi) is 9.85. The number of benzene rings is 1. The van der Waals surface area contributed by atoms with E-state index in [4.69, 9.17) is 9.47 Å². The van der Waals surface area contributed by atoms with Gasteiger partial charge in [-0.3, -0.25) is 9.59 Å². The molecule has 12 heteroatoms. The third-order valence-corrected chi connectivity index (χ3v) is 5.75. The number of nitrogens with one attached hydrogen (secondary N) is 3. The van der Waals surface area contributed by atoms with Gasteiger partial charge >= 0.3 is 0 Å². The van der Waals surface area contributed by atoms with Crippen LogP contribution in [0.5, 0.6) is 11.5 Å². The van der Waals surface area contributed by atoms with Crippen LogP contribution in [0.4, 0.5) is 0 Å². The quantitative estimate of drug-likeness (QED) is 0.372. The standard InChI is InChI=1S/C23H35BrN6O4S/c1-14-28-29-21(35-13-19(32)27-23(5,6)7)30(14)25-11-15-9-16(24)20(17(10-15)33-8)34-12-18(31)26-22(2,3)4/h9-10,25H,11-13H2,1-8H3,(H,26,31)(H,27,32). The van der Waals surface area contributed by atoms with Crippen LogP contribution in [-0.4, -0.2) is 57.2 Å². The fraction of sp³-hybridized carbons (Fsp3) is 0.565. The third-order valence-electron chi connectivity index (χ3n) is 4.23. The number of methoxy groups -OCH3 is 1. The normalized spacial score (nSPS) is 11.7. The highest BCUT2D eigenvalue weighted by Crippen LogP contribution is 2.36. The van der Waals surface area contributed by atoms with Gasteiger partial charge in [0.05, 0.1) is 23.9 Å². The van der Waals surface area contributed by atoms with E-state index in [0.717, 1.165) is 5.56 Å². The van der Waals surface area contributed by atoms with Gasteiger partial charge in [-0.05, 0) is 82.1 Å². The first-order valence-electron chi connectivity index (χ1n) is 11.1. The molecule has 1 heterocycles. The van der Waals surface area contributed by atoms with Crippen molar-refractivity contribution in [1.29, 1.82) is 0 Å². The molecule has 0 atom stereocenters. The number of carbonyl (C=O) groups excluding carboxylic acids is 2. The summed E-state index contributed by atoms with van der Waals surface area (Å²) >= 11 is 4.82. The van der Waals surface area contributed by atoms with E-state index in [1.807, 2.05) is 60.6 Å². The van der Waals surface area contributed by atoms with Crippen molar-refractivity contribution in [2.75, 3.05) is 24.9 Å². The summed E-state index contributed by atoms with van der Waals surface area (Å²) in [5.74, 6) is 1.54. The number of aromatic nitrogens is 3. The molecule has 2 aromatic rings. The van der Waals surface area contributed by atoms with Gasteiger partial charge < -0.3 is 25.5 Å². The third kappa shape index (κ3) is 9.60. The molecule has 3 N–H and O–H groups in total. The SMILES string of the molecule is COc1cc(CNn2c(C)nnc2SCC(=O)NC(C)(C)C)cc(Br)c1OCC(=O)NC(C)(C)C. The number of halogens is 1. The molecule has 2 amide bonds. The van der Waals surface area contributed by atoms with Crippen molar-refractivity contribution in [3.8, 4) is 11.5 Å². The maximum atomic E-state index is 12.2. The first-order chi connectivity index (χ1) is 16.2. The fourth-order valence-corrected chi connectivity index (χ4v) is 4.34. The van der Waals surface area contributed by atoms with E-state index in [1.165, 1.54) is 11.8 Å². The number of thioether (sulfide) groups is 1. The van der Waals surface area contributed by atoms with Crippen LogP contribution in [-0.2, 0) is 16.1 Å². The van der Waals surface area contributed by atoms with Gasteiger partial charge in [-0.1, -0.05) is 11.8 Å². The highest BCUT2D eigenvalue weighted by Gasteiger charge is 2.19. The molecule has 0 bridgehead atoms. The van der Waals surface area contributed by atoms with Crippen LogP contribution < -0.4 is 25.5 Å². The number of hydrogen-bond acceptors (Lipinski definition) is 8. The predicted molar refractivity (Wildman–Crippen MR) is 141 cm³/mol. The smallest absolute Gasteiger partial charge is 0.258 e. The zero-order valence-electron chi connectivity index (χ0n) is 21.5. The lowest BCUT2D eigenvalue weighted by atomic mass is 10.1. The van der Waals surface area contributed by atoms with Crippen molar-refractivity contribution in [2.45, 2.75) is 71.2 Å². The highest BCUT2D eigenvalue weighted by molar-refractivity contribution is 9.10. The highest BCUT2D eigenvalue weighted by atomic mass is 79.9. The van der Waals surface area contributed by atoms with Crippen molar-refractivity contribution in [3.05, 3.63) is 28.0 Å². The maximum absolute atomic E-state index is 12.2. The van der Waals surface area contributed by atoms with Crippen LogP contribution >= 0.6 is 27.7 Å². The van der Waals surface area contributed by atoms with E-state index >= 15 is 0 Å². The molecule has 35 heavy (non-hydrogen) atoms. The van der Waals surface area contributed by atoms with Crippen molar-refractivity contribution in [2.24, 2.45) is 0 Å². The molecular weight excluding hydrogens is 536 g/mol. The molecule has 1 aromatic carbocycles. The lowest BCUT2D eigenvalue weighted by molar-refractivity contribution is -0.124. The molecule has 0 spiro atoms. The predicted octanol–water partition coefficient (Wildman–Crippen LogP) is 3.40. The summed E-state index contributed by atoms with van der Waals surface area (Å²) in [6.07, 6.45) is 0. The van der Waals surface area contributed by atoms with E-state index in [-0.39, 0.29) is 35.3 Å². The Morgan fingerprint density at radius 1 is 1.06 bits per heavy atom. The first-order valence-corrected chi connectivity index (χ1v) is 12.9. The van der Waals surface area contributed by atoms with E-state index in [1.54, 1.807) is 11.8 Å². The second kappa shape index (κ2) is 12.0. The Bertz CT molecular complexity index is 1050. The fourth-order valence-electron chi connectivity index (χ4n) is 2.98. The number of carbonyl (C=O) groups is 2. The van der Waals surface area contributed by atoms with Crippen molar-refractivity contribution in [1.82, 2.24) is 25.5 Å². The Hall–Kier alpha value is -2.47. The summed E-state index contributed by atoms with van der Waals surface area (Å²) < 4.78 is 13.6. The van der Waals surface area contributed by atoms with E-state index in [0.29, 0.717) is 33.5 Å². The van der Waals surface area contributed by atoms with Gasteiger partial charge in [0.15, 0.2) is 18.1 Å². The molecule has 0 saturated carbocycles. The lowest BCUT2D eigenvalue weighted by Gasteiger charge is -2.21. The molecule has 0 aliphatic heterocycles. The number of aryl methyl sites for hydroxylation is 1. The Labute approximate surface area is 219 Å². The Morgan fingerprint density at radius 3 is 2.29 bits per heavy atom. The first kappa shape index (κ1) is 28.8. The number of rotatable bonds is 10. The summed E-state index contributed by atoms with van der Waals surface area (Å²) in [5, 5.41) is 14.7. The minimum atomic E-state index is -0.342. The maximum Gasteiger partial charge on any atom is 0.258 e. The van der Waals surface area contributed by atoms with E-state index in [2.05, 4.69) is 42.2 Å². The van der Waals surface area contributed by atoms with Gasteiger partial charge in [-0.2, -0.15) is 0 Å². The minimum Gasteiger partial charge on any atom is -0.493 e. The van der Waals surface area contributed by atoms with Crippen LogP contribution in [0.2, 0.25) is 0 Å². The van der Waals surface area contributed by atoms with Crippen LogP contribution in [0, 0.1) is 6.92 Å². The second-order valence-electron chi connectivity index (χ2n) is 9.98. The van der Waals surface area contributed by atoms with Crippen LogP contribution in [0.3, 0.4) is 0 Å². The largest absolute Gasteiger partial charge is 0.493 e. The van der Waals surface area contributed by atoms with Gasteiger partial charge in [0.2, 0.25) is 11.1 Å². The lowest BCUT2D eigenvalue weighted by Crippen LogP contribution is -2.43. The number of amides is 2. The topological polar surface area (TPSA) is 119 Å². The second-order valence-corrected chi connectivity index (χ2v) is 11.8. The van der Waals surface area contributed by atoms with Crippen LogP contribution in [0.25, 0.3) is 0 Å². The molecule has 194 valence electrons. The summed E-state index contributed by atoms with van der Waals surface area (Å²) in [6.45, 7) is 13.7. The molecule has 10 nitrogen and oxygen atoms in total. The average Bonchev–Trinajstić information content (AvgIpc) is 3.06. The number of nitrogens with zero attached hydrogens (tertiary/aromatic N) is 3. The molecule has 0 saturated heterocycles. The van der Waals surface area contributed by atoms with Gasteiger partial charge in [-0.15, -0.1) is 10.2 Å². The zero-order valence-corrected chi connectivity index (χ0v) is 23.9. The molecule has 0 aliphatic rings. The average molecular weight is 572 g/mol. The van der Waals surface area contributed by atoms with Crippen molar-refractivity contribution < 1.29 is 19.1 Å². The molecule has 0 aliphatic carbocycles. The van der Waals surface area contributed by atoms with E-state index < -0.39 is 0 Å². The minimum absolute atomic E-state index is 0.0739.